The number of anilines is 1. The van der Waals surface area contributed by atoms with Crippen LogP contribution < -0.4 is 11.5 Å². The van der Waals surface area contributed by atoms with Crippen LogP contribution in [0, 0.1) is 0 Å². The number of nitrogens with zero attached hydrogens (tertiary/aromatic N) is 4. The van der Waals surface area contributed by atoms with E-state index in [9.17, 15) is 28.0 Å². The van der Waals surface area contributed by atoms with Gasteiger partial charge in [0.1, 0.15) is 30.1 Å². The number of nitrogens with two attached hydrogens (primary N) is 2. The Kier molecular flexibility index (Phi) is 6.91. The van der Waals surface area contributed by atoms with Crippen molar-refractivity contribution in [3.63, 3.8) is 0 Å². The molecule has 1 aliphatic heterocycles. The number of imidazole rings is 1. The second-order valence-electron chi connectivity index (χ2n) is 7.41. The molecule has 0 aromatic carbocycles. The zero-order valence-corrected chi connectivity index (χ0v) is 18.4. The Labute approximate surface area is 183 Å². The summed E-state index contributed by atoms with van der Waals surface area (Å²) in [5.41, 5.74) is 11.7. The van der Waals surface area contributed by atoms with Gasteiger partial charge < -0.3 is 31.5 Å². The van der Waals surface area contributed by atoms with Gasteiger partial charge in [-0.3, -0.25) is 13.9 Å². The van der Waals surface area contributed by atoms with Gasteiger partial charge >= 0.3 is 16.4 Å². The molecule has 6 atom stereocenters. The Bertz CT molecular complexity index is 1100. The molecule has 180 valence electrons. The van der Waals surface area contributed by atoms with Crippen LogP contribution in [0.15, 0.2) is 12.7 Å². The molecule has 2 aromatic rings. The summed E-state index contributed by atoms with van der Waals surface area (Å²) < 4.78 is 44.0. The van der Waals surface area contributed by atoms with E-state index in [0.29, 0.717) is 0 Å². The molecule has 0 spiro atoms. The van der Waals surface area contributed by atoms with Crippen LogP contribution in [0.1, 0.15) is 12.6 Å². The van der Waals surface area contributed by atoms with Crippen molar-refractivity contribution in [1.29, 1.82) is 0 Å². The average molecular weight is 497 g/mol. The summed E-state index contributed by atoms with van der Waals surface area (Å²) in [6.45, 7) is 0. The minimum atomic E-state index is -4.91. The van der Waals surface area contributed by atoms with Crippen LogP contribution in [-0.4, -0.2) is 95.9 Å². The third-order valence-corrected chi connectivity index (χ3v) is 9.08. The Morgan fingerprint density at radius 2 is 2.00 bits per heavy atom. The molecule has 0 aliphatic carbocycles. The van der Waals surface area contributed by atoms with Gasteiger partial charge in [0, 0.05) is 11.5 Å². The van der Waals surface area contributed by atoms with Gasteiger partial charge in [0.2, 0.25) is 0 Å². The van der Waals surface area contributed by atoms with E-state index in [2.05, 4.69) is 15.0 Å². The van der Waals surface area contributed by atoms with E-state index in [-0.39, 0.29) is 34.9 Å². The summed E-state index contributed by atoms with van der Waals surface area (Å²) in [5, 5.41) is 30.1. The zero-order valence-electron chi connectivity index (χ0n) is 16.8. The van der Waals surface area contributed by atoms with E-state index in [1.54, 1.807) is 0 Å². The van der Waals surface area contributed by atoms with Crippen LogP contribution in [0.3, 0.4) is 0 Å². The van der Waals surface area contributed by atoms with Crippen molar-refractivity contribution in [3.05, 3.63) is 12.7 Å². The molecule has 1 unspecified atom stereocenters. The Hall–Kier alpha value is -2.12. The number of carboxylic acid groups (broad SMARTS) is 1. The van der Waals surface area contributed by atoms with Crippen LogP contribution in [0.25, 0.3) is 11.2 Å². The number of ether oxygens (including phenoxy) is 1. The van der Waals surface area contributed by atoms with Gasteiger partial charge in [0.25, 0.3) is 0 Å². The lowest BCUT2D eigenvalue weighted by Crippen LogP contribution is -2.37. The second-order valence-corrected chi connectivity index (χ2v) is 11.9. The molecule has 0 amide bonds. The van der Waals surface area contributed by atoms with E-state index < -0.39 is 57.3 Å². The van der Waals surface area contributed by atoms with E-state index in [1.807, 2.05) is 0 Å². The number of aliphatic hydroxyl groups is 2. The summed E-state index contributed by atoms with van der Waals surface area (Å²) in [4.78, 5) is 22.9. The van der Waals surface area contributed by atoms with Gasteiger partial charge in [-0.1, -0.05) is 0 Å². The standard InChI is InChI=1S/C15H24N6O9S2/c1-31(30-32(26,27)28,3-2-7(16)15(24)25)4-8-10(22)11(23)14(29-8)21-6-20-9-12(17)18-5-19-13(9)21/h5-8,10-11,14,22-23H,2-4,16H2,1H3,(H,24,25)(H2,17,18,19)(H,26,27,28)/t7-,8+,10+,11+,14+/m0/s1. The molecular weight excluding hydrogens is 472 g/mol. The third-order valence-electron chi connectivity index (χ3n) is 4.94. The molecule has 0 bridgehead atoms. The summed E-state index contributed by atoms with van der Waals surface area (Å²) in [5.74, 6) is -1.57. The second kappa shape index (κ2) is 9.02. The van der Waals surface area contributed by atoms with Crippen molar-refractivity contribution in [1.82, 2.24) is 19.5 Å². The summed E-state index contributed by atoms with van der Waals surface area (Å²) in [6, 6.07) is -1.29. The highest BCUT2D eigenvalue weighted by Gasteiger charge is 2.47. The molecule has 17 heteroatoms. The van der Waals surface area contributed by atoms with Gasteiger partial charge in [0.05, 0.1) is 12.4 Å². The monoisotopic (exact) mass is 496 g/mol. The SMILES string of the molecule is CS(CC[C@H](N)C(=O)O)(C[C@H]1O[C@@H](n2cnc3c(N)ncnc32)[C@H](O)[C@@H]1O)OS(=O)(=O)O. The molecule has 0 saturated carbocycles. The number of rotatable bonds is 9. The highest BCUT2D eigenvalue weighted by Crippen LogP contribution is 2.50. The lowest BCUT2D eigenvalue weighted by Gasteiger charge is -2.36. The fourth-order valence-electron chi connectivity index (χ4n) is 3.35. The number of carbonyl (C=O) groups is 1. The molecule has 0 radical (unpaired) electrons. The molecule has 1 saturated heterocycles. The Balaban J connectivity index is 1.83. The van der Waals surface area contributed by atoms with Crippen LogP contribution >= 0.6 is 10.3 Å². The van der Waals surface area contributed by atoms with E-state index in [0.717, 1.165) is 0 Å². The lowest BCUT2D eigenvalue weighted by molar-refractivity contribution is -0.138. The first-order chi connectivity index (χ1) is 14.8. The van der Waals surface area contributed by atoms with Crippen LogP contribution in [0.2, 0.25) is 0 Å². The smallest absolute Gasteiger partial charge is 0.406 e. The maximum atomic E-state index is 11.4. The van der Waals surface area contributed by atoms with Crippen molar-refractivity contribution in [2.24, 2.45) is 5.73 Å². The van der Waals surface area contributed by atoms with Gasteiger partial charge in [0.15, 0.2) is 17.7 Å². The van der Waals surface area contributed by atoms with E-state index in [4.69, 9.17) is 24.9 Å². The van der Waals surface area contributed by atoms with Gasteiger partial charge in [-0.05, 0) is 12.7 Å². The Morgan fingerprint density at radius 3 is 2.62 bits per heavy atom. The maximum Gasteiger partial charge on any atom is 0.406 e. The van der Waals surface area contributed by atoms with Crippen LogP contribution in [-0.2, 0) is 23.6 Å². The molecule has 3 heterocycles. The number of nitrogen functional groups attached to an aromatic ring is 1. The number of aromatic nitrogens is 4. The van der Waals surface area contributed by atoms with E-state index in [1.165, 1.54) is 23.5 Å². The van der Waals surface area contributed by atoms with Gasteiger partial charge in [-0.15, -0.1) is 10.3 Å². The minimum Gasteiger partial charge on any atom is -0.480 e. The molecule has 2 aromatic heterocycles. The molecule has 1 aliphatic rings. The molecular formula is C15H24N6O9S2. The quantitative estimate of drug-likeness (QED) is 0.205. The van der Waals surface area contributed by atoms with Crippen molar-refractivity contribution in [3.8, 4) is 0 Å². The molecule has 15 nitrogen and oxygen atoms in total. The predicted molar refractivity (Wildman–Crippen MR) is 112 cm³/mol. The number of fused-ring (bicyclic) bond motifs is 1. The number of aliphatic hydroxyl groups excluding tert-OH is 2. The zero-order chi connectivity index (χ0) is 23.8. The molecule has 32 heavy (non-hydrogen) atoms. The summed E-state index contributed by atoms with van der Waals surface area (Å²) in [7, 11) is -7.66. The highest BCUT2D eigenvalue weighted by atomic mass is 32.3. The fraction of sp³-hybridized carbons (Fsp3) is 0.600. The topological polar surface area (TPSA) is 246 Å². The molecule has 1 fully saturated rings. The number of hydrogen-bond acceptors (Lipinski definition) is 12. The maximum absolute atomic E-state index is 11.4. The van der Waals surface area contributed by atoms with Crippen molar-refractivity contribution in [2.75, 3.05) is 23.5 Å². The normalized spacial score (nSPS) is 27.8. The van der Waals surface area contributed by atoms with Crippen LogP contribution in [0.5, 0.6) is 0 Å². The number of hydrogen-bond donors (Lipinski definition) is 6. The number of aliphatic carboxylic acids is 1. The van der Waals surface area contributed by atoms with E-state index >= 15 is 0 Å². The van der Waals surface area contributed by atoms with Gasteiger partial charge in [-0.25, -0.2) is 15.0 Å². The minimum absolute atomic E-state index is 0.103. The highest BCUT2D eigenvalue weighted by molar-refractivity contribution is 8.32. The van der Waals surface area contributed by atoms with Crippen molar-refractivity contribution >= 4 is 43.7 Å². The van der Waals surface area contributed by atoms with Crippen molar-refractivity contribution in [2.45, 2.75) is 37.0 Å². The van der Waals surface area contributed by atoms with Gasteiger partial charge in [-0.2, -0.15) is 12.0 Å². The molecule has 3 rings (SSSR count). The first-order valence-electron chi connectivity index (χ1n) is 9.16. The summed E-state index contributed by atoms with van der Waals surface area (Å²) in [6.07, 6.45) is -1.51. The first kappa shape index (κ1) is 24.5. The third kappa shape index (κ3) is 5.26. The van der Waals surface area contributed by atoms with Crippen LogP contribution in [0.4, 0.5) is 5.82 Å². The Morgan fingerprint density at radius 1 is 1.31 bits per heavy atom. The first-order valence-corrected chi connectivity index (χ1v) is 12.8. The summed E-state index contributed by atoms with van der Waals surface area (Å²) >= 11 is 0. The lowest BCUT2D eigenvalue weighted by atomic mass is 10.1. The predicted octanol–water partition coefficient (Wildman–Crippen LogP) is -2.00. The van der Waals surface area contributed by atoms with Crippen molar-refractivity contribution < 1.29 is 41.5 Å². The average Bonchev–Trinajstić information content (AvgIpc) is 3.22. The molecule has 8 N–H and O–H groups in total. The number of carboxylic acids is 1. The largest absolute Gasteiger partial charge is 0.480 e. The fourth-order valence-corrected chi connectivity index (χ4v) is 7.40.